The molecule has 0 aliphatic rings. The highest BCUT2D eigenvalue weighted by Crippen LogP contribution is 2.19. The SMILES string of the molecule is CCNC(=NCc1cccc(Cl)c1)NCC(C)(O)c1ccco1. The van der Waals surface area contributed by atoms with Crippen molar-refractivity contribution in [2.24, 2.45) is 4.99 Å². The molecular formula is C17H22ClN3O2. The Labute approximate surface area is 141 Å². The van der Waals surface area contributed by atoms with E-state index in [1.807, 2.05) is 31.2 Å². The van der Waals surface area contributed by atoms with E-state index in [-0.39, 0.29) is 6.54 Å². The van der Waals surface area contributed by atoms with Crippen molar-refractivity contribution < 1.29 is 9.52 Å². The van der Waals surface area contributed by atoms with Gasteiger partial charge in [-0.15, -0.1) is 0 Å². The minimum atomic E-state index is -1.12. The van der Waals surface area contributed by atoms with Crippen molar-refractivity contribution in [1.82, 2.24) is 10.6 Å². The van der Waals surface area contributed by atoms with Crippen molar-refractivity contribution in [3.63, 3.8) is 0 Å². The van der Waals surface area contributed by atoms with Crippen LogP contribution in [0.1, 0.15) is 25.2 Å². The molecule has 1 unspecified atom stereocenters. The van der Waals surface area contributed by atoms with Crippen LogP contribution in [0.2, 0.25) is 5.02 Å². The molecule has 0 aliphatic carbocycles. The largest absolute Gasteiger partial charge is 0.466 e. The van der Waals surface area contributed by atoms with Crippen molar-refractivity contribution in [3.8, 4) is 0 Å². The third-order valence-electron chi connectivity index (χ3n) is 3.31. The molecule has 124 valence electrons. The van der Waals surface area contributed by atoms with Gasteiger partial charge in [-0.05, 0) is 43.7 Å². The molecule has 3 N–H and O–H groups in total. The normalized spacial score (nSPS) is 14.3. The number of furan rings is 1. The van der Waals surface area contributed by atoms with Crippen molar-refractivity contribution in [3.05, 3.63) is 59.0 Å². The molecule has 1 heterocycles. The molecule has 0 spiro atoms. The van der Waals surface area contributed by atoms with E-state index in [4.69, 9.17) is 16.0 Å². The summed E-state index contributed by atoms with van der Waals surface area (Å²) in [7, 11) is 0. The summed E-state index contributed by atoms with van der Waals surface area (Å²) >= 11 is 5.98. The van der Waals surface area contributed by atoms with E-state index >= 15 is 0 Å². The first-order chi connectivity index (χ1) is 11.0. The second-order valence-electron chi connectivity index (χ2n) is 5.43. The van der Waals surface area contributed by atoms with Gasteiger partial charge in [-0.3, -0.25) is 0 Å². The number of hydrogen-bond donors (Lipinski definition) is 3. The monoisotopic (exact) mass is 335 g/mol. The number of hydrogen-bond acceptors (Lipinski definition) is 3. The highest BCUT2D eigenvalue weighted by atomic mass is 35.5. The fourth-order valence-electron chi connectivity index (χ4n) is 2.08. The lowest BCUT2D eigenvalue weighted by Gasteiger charge is -2.22. The molecule has 0 fully saturated rings. The maximum atomic E-state index is 10.5. The fourth-order valence-corrected chi connectivity index (χ4v) is 2.29. The first-order valence-electron chi connectivity index (χ1n) is 7.54. The molecule has 0 radical (unpaired) electrons. The number of benzene rings is 1. The van der Waals surface area contributed by atoms with Gasteiger partial charge >= 0.3 is 0 Å². The number of nitrogens with one attached hydrogen (secondary N) is 2. The maximum absolute atomic E-state index is 10.5. The molecule has 23 heavy (non-hydrogen) atoms. The van der Waals surface area contributed by atoms with E-state index < -0.39 is 5.60 Å². The van der Waals surface area contributed by atoms with Crippen LogP contribution in [0, 0.1) is 0 Å². The lowest BCUT2D eigenvalue weighted by atomic mass is 10.0. The Hall–Kier alpha value is -1.98. The number of halogens is 1. The molecule has 0 aliphatic heterocycles. The van der Waals surface area contributed by atoms with E-state index in [1.165, 1.54) is 0 Å². The van der Waals surface area contributed by atoms with Gasteiger partial charge < -0.3 is 20.2 Å². The van der Waals surface area contributed by atoms with Crippen LogP contribution in [-0.4, -0.2) is 24.2 Å². The number of nitrogens with zero attached hydrogens (tertiary/aromatic N) is 1. The summed E-state index contributed by atoms with van der Waals surface area (Å²) in [6.07, 6.45) is 1.54. The Morgan fingerprint density at radius 3 is 2.78 bits per heavy atom. The minimum absolute atomic E-state index is 0.280. The molecule has 0 amide bonds. The van der Waals surface area contributed by atoms with E-state index in [0.29, 0.717) is 23.3 Å². The summed E-state index contributed by atoms with van der Waals surface area (Å²) in [5.74, 6) is 1.13. The Morgan fingerprint density at radius 1 is 1.30 bits per heavy atom. The Morgan fingerprint density at radius 2 is 2.13 bits per heavy atom. The zero-order valence-corrected chi connectivity index (χ0v) is 14.1. The highest BCUT2D eigenvalue weighted by molar-refractivity contribution is 6.30. The predicted molar refractivity (Wildman–Crippen MR) is 92.5 cm³/mol. The summed E-state index contributed by atoms with van der Waals surface area (Å²) < 4.78 is 5.27. The molecule has 6 heteroatoms. The Balaban J connectivity index is 1.99. The van der Waals surface area contributed by atoms with Crippen LogP contribution in [0.15, 0.2) is 52.1 Å². The molecule has 0 bridgehead atoms. The molecule has 5 nitrogen and oxygen atoms in total. The van der Waals surface area contributed by atoms with E-state index in [9.17, 15) is 5.11 Å². The summed E-state index contributed by atoms with van der Waals surface area (Å²) in [6.45, 7) is 5.19. The van der Waals surface area contributed by atoms with Gasteiger partial charge in [0.2, 0.25) is 0 Å². The first kappa shape index (κ1) is 17.4. The van der Waals surface area contributed by atoms with Gasteiger partial charge in [0.15, 0.2) is 5.96 Å². The van der Waals surface area contributed by atoms with E-state index in [0.717, 1.165) is 12.1 Å². The fraction of sp³-hybridized carbons (Fsp3) is 0.353. The average molecular weight is 336 g/mol. The number of aliphatic hydroxyl groups is 1. The Kier molecular flexibility index (Phi) is 6.07. The molecule has 1 atom stereocenters. The van der Waals surface area contributed by atoms with Gasteiger partial charge in [-0.25, -0.2) is 4.99 Å². The molecule has 2 aromatic rings. The van der Waals surface area contributed by atoms with Crippen molar-refractivity contribution in [2.45, 2.75) is 26.0 Å². The number of aliphatic imine (C=N–C) groups is 1. The zero-order valence-electron chi connectivity index (χ0n) is 13.3. The van der Waals surface area contributed by atoms with Crippen LogP contribution in [0.5, 0.6) is 0 Å². The summed E-state index contributed by atoms with van der Waals surface area (Å²) in [6, 6.07) is 11.1. The van der Waals surface area contributed by atoms with E-state index in [1.54, 1.807) is 25.3 Å². The smallest absolute Gasteiger partial charge is 0.191 e. The van der Waals surface area contributed by atoms with Gasteiger partial charge in [-0.2, -0.15) is 0 Å². The average Bonchev–Trinajstić information content (AvgIpc) is 3.05. The number of guanidine groups is 1. The van der Waals surface area contributed by atoms with Crippen molar-refractivity contribution in [1.29, 1.82) is 0 Å². The Bertz CT molecular complexity index is 639. The summed E-state index contributed by atoms with van der Waals surface area (Å²) in [5, 5.41) is 17.4. The maximum Gasteiger partial charge on any atom is 0.191 e. The van der Waals surface area contributed by atoms with Crippen LogP contribution in [0.4, 0.5) is 0 Å². The van der Waals surface area contributed by atoms with Gasteiger partial charge in [0.25, 0.3) is 0 Å². The first-order valence-corrected chi connectivity index (χ1v) is 7.92. The topological polar surface area (TPSA) is 69.8 Å². The van der Waals surface area contributed by atoms with Gasteiger partial charge in [0, 0.05) is 11.6 Å². The van der Waals surface area contributed by atoms with Crippen LogP contribution in [-0.2, 0) is 12.1 Å². The molecule has 0 saturated heterocycles. The molecule has 1 aromatic heterocycles. The van der Waals surface area contributed by atoms with Crippen LogP contribution in [0.25, 0.3) is 0 Å². The van der Waals surface area contributed by atoms with Gasteiger partial charge in [0.05, 0.1) is 19.4 Å². The highest BCUT2D eigenvalue weighted by Gasteiger charge is 2.26. The quantitative estimate of drug-likeness (QED) is 0.561. The summed E-state index contributed by atoms with van der Waals surface area (Å²) in [5.41, 5.74) is -0.0945. The van der Waals surface area contributed by atoms with Gasteiger partial charge in [-0.1, -0.05) is 23.7 Å². The second-order valence-corrected chi connectivity index (χ2v) is 5.87. The standard InChI is InChI=1S/C17H22ClN3O2/c1-3-19-16(20-11-13-6-4-7-14(18)10-13)21-12-17(2,22)15-8-5-9-23-15/h4-10,22H,3,11-12H2,1-2H3,(H2,19,20,21). The number of rotatable bonds is 6. The minimum Gasteiger partial charge on any atom is -0.466 e. The van der Waals surface area contributed by atoms with Crippen LogP contribution >= 0.6 is 11.6 Å². The predicted octanol–water partition coefficient (Wildman–Crippen LogP) is 2.90. The van der Waals surface area contributed by atoms with Crippen LogP contribution in [0.3, 0.4) is 0 Å². The van der Waals surface area contributed by atoms with E-state index in [2.05, 4.69) is 15.6 Å². The molecule has 2 rings (SSSR count). The molecular weight excluding hydrogens is 314 g/mol. The van der Waals surface area contributed by atoms with Crippen LogP contribution < -0.4 is 10.6 Å². The van der Waals surface area contributed by atoms with Gasteiger partial charge in [0.1, 0.15) is 11.4 Å². The lowest BCUT2D eigenvalue weighted by molar-refractivity contribution is 0.0386. The second kappa shape index (κ2) is 8.04. The zero-order chi connectivity index (χ0) is 16.7. The molecule has 1 aromatic carbocycles. The van der Waals surface area contributed by atoms with Crippen molar-refractivity contribution >= 4 is 17.6 Å². The summed E-state index contributed by atoms with van der Waals surface area (Å²) in [4.78, 5) is 4.50. The third-order valence-corrected chi connectivity index (χ3v) is 3.54. The van der Waals surface area contributed by atoms with Crippen molar-refractivity contribution in [2.75, 3.05) is 13.1 Å². The lowest BCUT2D eigenvalue weighted by Crippen LogP contribution is -2.44. The third kappa shape index (κ3) is 5.30. The molecule has 0 saturated carbocycles.